The van der Waals surface area contributed by atoms with E-state index >= 15 is 0 Å². The molecule has 0 aromatic carbocycles. The van der Waals surface area contributed by atoms with E-state index in [2.05, 4.69) is 9.97 Å². The monoisotopic (exact) mass is 299 g/mol. The molecule has 1 aliphatic rings. The number of amides is 1. The van der Waals surface area contributed by atoms with E-state index in [4.69, 9.17) is 9.47 Å². The van der Waals surface area contributed by atoms with Gasteiger partial charge in [0.25, 0.3) is 5.91 Å². The van der Waals surface area contributed by atoms with Gasteiger partial charge in [0.1, 0.15) is 17.4 Å². The minimum absolute atomic E-state index is 0.000338. The van der Waals surface area contributed by atoms with Crippen LogP contribution < -0.4 is 9.47 Å². The Morgan fingerprint density at radius 1 is 1.32 bits per heavy atom. The van der Waals surface area contributed by atoms with Gasteiger partial charge in [0.15, 0.2) is 0 Å². The Labute approximate surface area is 128 Å². The zero-order valence-electron chi connectivity index (χ0n) is 12.3. The standard InChI is InChI=1S/C16H17N3O3/c1-2-21-15-14(6-4-8-18-15)16(20)19-10-13(11-19)22-12-5-3-7-17-9-12/h3-9,13H,2,10-11H2,1H3. The highest BCUT2D eigenvalue weighted by Gasteiger charge is 2.34. The molecule has 1 amide bonds. The van der Waals surface area contributed by atoms with Crippen LogP contribution in [-0.4, -0.2) is 46.6 Å². The number of aromatic nitrogens is 2. The molecule has 3 heterocycles. The van der Waals surface area contributed by atoms with Crippen molar-refractivity contribution in [2.75, 3.05) is 19.7 Å². The molecular weight excluding hydrogens is 282 g/mol. The van der Waals surface area contributed by atoms with E-state index in [1.165, 1.54) is 0 Å². The number of carbonyl (C=O) groups is 1. The fourth-order valence-electron chi connectivity index (χ4n) is 2.26. The molecule has 0 N–H and O–H groups in total. The Morgan fingerprint density at radius 2 is 2.14 bits per heavy atom. The number of hydrogen-bond donors (Lipinski definition) is 0. The van der Waals surface area contributed by atoms with Crippen LogP contribution in [0.2, 0.25) is 0 Å². The number of ether oxygens (including phenoxy) is 2. The van der Waals surface area contributed by atoms with Crippen LogP contribution in [0.5, 0.6) is 11.6 Å². The molecule has 1 aliphatic heterocycles. The Kier molecular flexibility index (Phi) is 4.18. The molecule has 22 heavy (non-hydrogen) atoms. The van der Waals surface area contributed by atoms with E-state index in [-0.39, 0.29) is 12.0 Å². The Hall–Kier alpha value is -2.63. The maximum atomic E-state index is 12.5. The van der Waals surface area contributed by atoms with Gasteiger partial charge in [0, 0.05) is 12.4 Å². The SMILES string of the molecule is CCOc1ncccc1C(=O)N1CC(Oc2cccnc2)C1. The van der Waals surface area contributed by atoms with Crippen molar-refractivity contribution >= 4 is 5.91 Å². The fourth-order valence-corrected chi connectivity index (χ4v) is 2.26. The van der Waals surface area contributed by atoms with Crippen LogP contribution in [0.25, 0.3) is 0 Å². The predicted molar refractivity (Wildman–Crippen MR) is 80.0 cm³/mol. The lowest BCUT2D eigenvalue weighted by atomic mass is 10.1. The van der Waals surface area contributed by atoms with Crippen molar-refractivity contribution in [1.29, 1.82) is 0 Å². The Balaban J connectivity index is 1.60. The first-order valence-electron chi connectivity index (χ1n) is 7.21. The molecule has 0 spiro atoms. The van der Waals surface area contributed by atoms with Gasteiger partial charge in [-0.25, -0.2) is 4.98 Å². The Morgan fingerprint density at radius 3 is 2.86 bits per heavy atom. The molecule has 0 radical (unpaired) electrons. The first kappa shape index (κ1) is 14.3. The molecule has 1 fully saturated rings. The molecule has 0 aliphatic carbocycles. The van der Waals surface area contributed by atoms with Gasteiger partial charge in [-0.1, -0.05) is 0 Å². The zero-order valence-corrected chi connectivity index (χ0v) is 12.3. The molecule has 6 nitrogen and oxygen atoms in total. The van der Waals surface area contributed by atoms with Gasteiger partial charge in [0.05, 0.1) is 25.9 Å². The van der Waals surface area contributed by atoms with Crippen LogP contribution in [0.1, 0.15) is 17.3 Å². The van der Waals surface area contributed by atoms with Crippen molar-refractivity contribution in [2.45, 2.75) is 13.0 Å². The minimum Gasteiger partial charge on any atom is -0.485 e. The van der Waals surface area contributed by atoms with Gasteiger partial charge < -0.3 is 14.4 Å². The third-order valence-corrected chi connectivity index (χ3v) is 3.36. The Bertz CT molecular complexity index is 642. The number of pyridine rings is 2. The van der Waals surface area contributed by atoms with Crippen molar-refractivity contribution in [2.24, 2.45) is 0 Å². The van der Waals surface area contributed by atoms with Crippen LogP contribution in [-0.2, 0) is 0 Å². The smallest absolute Gasteiger partial charge is 0.259 e. The second-order valence-electron chi connectivity index (χ2n) is 4.93. The molecule has 2 aromatic rings. The molecule has 0 unspecified atom stereocenters. The third-order valence-electron chi connectivity index (χ3n) is 3.36. The summed E-state index contributed by atoms with van der Waals surface area (Å²) in [5.74, 6) is 1.02. The highest BCUT2D eigenvalue weighted by molar-refractivity contribution is 5.96. The zero-order chi connectivity index (χ0) is 15.4. The highest BCUT2D eigenvalue weighted by Crippen LogP contribution is 2.22. The molecule has 2 aromatic heterocycles. The van der Waals surface area contributed by atoms with Crippen LogP contribution >= 0.6 is 0 Å². The van der Waals surface area contributed by atoms with Crippen LogP contribution in [0.15, 0.2) is 42.9 Å². The first-order valence-corrected chi connectivity index (χ1v) is 7.21. The highest BCUT2D eigenvalue weighted by atomic mass is 16.5. The molecule has 0 bridgehead atoms. The summed E-state index contributed by atoms with van der Waals surface area (Å²) in [6.07, 6.45) is 4.98. The second-order valence-corrected chi connectivity index (χ2v) is 4.93. The maximum absolute atomic E-state index is 12.5. The topological polar surface area (TPSA) is 64.5 Å². The van der Waals surface area contributed by atoms with Crippen molar-refractivity contribution < 1.29 is 14.3 Å². The number of carbonyl (C=O) groups excluding carboxylic acids is 1. The third kappa shape index (κ3) is 3.00. The van der Waals surface area contributed by atoms with E-state index in [1.807, 2.05) is 19.1 Å². The summed E-state index contributed by atoms with van der Waals surface area (Å²) in [7, 11) is 0. The number of rotatable bonds is 5. The number of hydrogen-bond acceptors (Lipinski definition) is 5. The molecular formula is C16H17N3O3. The predicted octanol–water partition coefficient (Wildman–Crippen LogP) is 1.78. The second kappa shape index (κ2) is 6.43. The lowest BCUT2D eigenvalue weighted by Crippen LogP contribution is -2.56. The van der Waals surface area contributed by atoms with Crippen LogP contribution in [0.4, 0.5) is 0 Å². The van der Waals surface area contributed by atoms with E-state index in [1.54, 1.807) is 35.6 Å². The minimum atomic E-state index is -0.0809. The summed E-state index contributed by atoms with van der Waals surface area (Å²) < 4.78 is 11.1. The normalized spacial score (nSPS) is 14.3. The quantitative estimate of drug-likeness (QED) is 0.842. The molecule has 6 heteroatoms. The lowest BCUT2D eigenvalue weighted by Gasteiger charge is -2.39. The average molecular weight is 299 g/mol. The lowest BCUT2D eigenvalue weighted by molar-refractivity contribution is 0.0173. The summed E-state index contributed by atoms with van der Waals surface area (Å²) >= 11 is 0. The van der Waals surface area contributed by atoms with Crippen molar-refractivity contribution in [3.05, 3.63) is 48.4 Å². The van der Waals surface area contributed by atoms with Gasteiger partial charge >= 0.3 is 0 Å². The van der Waals surface area contributed by atoms with Crippen LogP contribution in [0, 0.1) is 0 Å². The molecule has 3 rings (SSSR count). The van der Waals surface area contributed by atoms with Crippen molar-refractivity contribution in [3.63, 3.8) is 0 Å². The summed E-state index contributed by atoms with van der Waals surface area (Å²) in [4.78, 5) is 22.3. The first-order chi connectivity index (χ1) is 10.8. The van der Waals surface area contributed by atoms with Crippen molar-refractivity contribution in [3.8, 4) is 11.6 Å². The van der Waals surface area contributed by atoms with E-state index < -0.39 is 0 Å². The largest absolute Gasteiger partial charge is 0.485 e. The summed E-state index contributed by atoms with van der Waals surface area (Å²) in [6.45, 7) is 3.44. The summed E-state index contributed by atoms with van der Waals surface area (Å²) in [5, 5.41) is 0. The van der Waals surface area contributed by atoms with E-state index in [0.29, 0.717) is 31.1 Å². The average Bonchev–Trinajstić information content (AvgIpc) is 2.52. The number of nitrogens with zero attached hydrogens (tertiary/aromatic N) is 3. The summed E-state index contributed by atoms with van der Waals surface area (Å²) in [5.41, 5.74) is 0.490. The van der Waals surface area contributed by atoms with Crippen LogP contribution in [0.3, 0.4) is 0 Å². The molecule has 0 atom stereocenters. The summed E-state index contributed by atoms with van der Waals surface area (Å²) in [6, 6.07) is 7.14. The molecule has 1 saturated heterocycles. The van der Waals surface area contributed by atoms with Gasteiger partial charge in [-0.15, -0.1) is 0 Å². The van der Waals surface area contributed by atoms with E-state index in [9.17, 15) is 4.79 Å². The van der Waals surface area contributed by atoms with Crippen molar-refractivity contribution in [1.82, 2.24) is 14.9 Å². The molecule has 114 valence electrons. The maximum Gasteiger partial charge on any atom is 0.259 e. The van der Waals surface area contributed by atoms with E-state index in [0.717, 1.165) is 5.75 Å². The fraction of sp³-hybridized carbons (Fsp3) is 0.312. The number of likely N-dealkylation sites (tertiary alicyclic amines) is 1. The van der Waals surface area contributed by atoms with Gasteiger partial charge in [-0.3, -0.25) is 9.78 Å². The van der Waals surface area contributed by atoms with Gasteiger partial charge in [-0.05, 0) is 31.2 Å². The molecule has 0 saturated carbocycles. The van der Waals surface area contributed by atoms with Gasteiger partial charge in [0.2, 0.25) is 5.88 Å². The van der Waals surface area contributed by atoms with Gasteiger partial charge in [-0.2, -0.15) is 0 Å².